The van der Waals surface area contributed by atoms with E-state index in [1.165, 1.54) is 0 Å². The molecule has 15 nitrogen and oxygen atoms in total. The van der Waals surface area contributed by atoms with Crippen LogP contribution in [0, 0.1) is 0 Å². The number of nitrogens with zero attached hydrogens (tertiary/aromatic N) is 1. The van der Waals surface area contributed by atoms with Gasteiger partial charge in [0.15, 0.2) is 0 Å². The quantitative estimate of drug-likeness (QED) is 0.209. The molecule has 0 heterocycles. The fourth-order valence-corrected chi connectivity index (χ4v) is 2.46. The number of rotatable bonds is 6. The zero-order valence-electron chi connectivity index (χ0n) is 11.3. The van der Waals surface area contributed by atoms with Gasteiger partial charge in [0.1, 0.15) is 12.6 Å². The van der Waals surface area contributed by atoms with Crippen LogP contribution >= 0.6 is 31.7 Å². The van der Waals surface area contributed by atoms with Crippen LogP contribution in [-0.4, -0.2) is 54.7 Å². The Morgan fingerprint density at radius 2 is 1.08 bits per heavy atom. The molecule has 0 aromatic carbocycles. The van der Waals surface area contributed by atoms with Crippen LogP contribution in [0.4, 0.5) is 0 Å². The normalized spacial score (nSPS) is 10.4. The average Bonchev–Trinajstić information content (AvgIpc) is 2.06. The molecule has 0 fully saturated rings. The van der Waals surface area contributed by atoms with Crippen molar-refractivity contribution >= 4 is 37.7 Å². The summed E-state index contributed by atoms with van der Waals surface area (Å²) in [6.07, 6.45) is -2.02. The molecule has 0 bridgehead atoms. The molecule has 0 aromatic heterocycles. The van der Waals surface area contributed by atoms with Gasteiger partial charge in [0.05, 0.1) is 6.54 Å². The van der Waals surface area contributed by atoms with E-state index in [1.807, 2.05) is 0 Å². The summed E-state index contributed by atoms with van der Waals surface area (Å²) in [7, 11) is -15.8. The van der Waals surface area contributed by atoms with Crippen molar-refractivity contribution in [2.24, 2.45) is 0 Å². The Labute approximate surface area is 155 Å². The predicted molar refractivity (Wildman–Crippen MR) is 63.4 cm³/mol. The van der Waals surface area contributed by atoms with Crippen LogP contribution in [0.25, 0.3) is 0 Å². The van der Waals surface area contributed by atoms with Crippen molar-refractivity contribution in [2.45, 2.75) is 0 Å². The third-order valence-corrected chi connectivity index (χ3v) is 2.66. The smallest absolute Gasteiger partial charge is 0.598 e. The largest absolute Gasteiger partial charge is 4.00 e. The number of aliphatic carboxylic acids is 1. The minimum Gasteiger partial charge on any atom is -0.598 e. The molecule has 20 heteroatoms. The molecule has 0 saturated carbocycles. The number of carboxylic acids is 1. The first kappa shape index (κ1) is 32.3. The van der Waals surface area contributed by atoms with E-state index in [2.05, 4.69) is 0 Å². The molecular weight excluding hydrogens is 501 g/mol. The fraction of sp³-hybridized carbons (Fsp3) is 0.750. The van der Waals surface area contributed by atoms with Gasteiger partial charge in [-0.3, -0.25) is 18.8 Å². The SMILES string of the molecule is O=C(O)CN(CP(=O)(O)O)CP(=O)(O)O.O=[P+]([O-])[O-].O=[P+]([O-])[O-].[Zr+4]. The second-order valence-electron chi connectivity index (χ2n) is 3.28. The molecule has 0 unspecified atom stereocenters. The first-order valence-corrected chi connectivity index (χ1v) is 10.4. The van der Waals surface area contributed by atoms with E-state index in [0.29, 0.717) is 4.90 Å². The Balaban J connectivity index is -0.000000186. The summed E-state index contributed by atoms with van der Waals surface area (Å²) in [4.78, 5) is 78.7. The van der Waals surface area contributed by atoms with Gasteiger partial charge in [0.25, 0.3) is 16.5 Å². The van der Waals surface area contributed by atoms with Crippen molar-refractivity contribution in [2.75, 3.05) is 19.1 Å². The third-order valence-electron chi connectivity index (χ3n) is 1.13. The summed E-state index contributed by atoms with van der Waals surface area (Å²) in [5.41, 5.74) is 0. The van der Waals surface area contributed by atoms with E-state index < -0.39 is 56.8 Å². The van der Waals surface area contributed by atoms with Crippen molar-refractivity contribution < 1.29 is 93.5 Å². The molecule has 0 atom stereocenters. The molecule has 138 valence electrons. The van der Waals surface area contributed by atoms with Crippen molar-refractivity contribution in [1.82, 2.24) is 4.90 Å². The number of carbonyl (C=O) groups is 1. The summed E-state index contributed by atoms with van der Waals surface area (Å²) in [6.45, 7) is -0.851. The summed E-state index contributed by atoms with van der Waals surface area (Å²) in [6, 6.07) is 0. The first-order valence-electron chi connectivity index (χ1n) is 4.62. The Hall–Kier alpha value is 0.653. The molecular formula is C4H11NO14P4Zr+2. The topological polar surface area (TPSA) is 282 Å². The van der Waals surface area contributed by atoms with E-state index >= 15 is 0 Å². The van der Waals surface area contributed by atoms with E-state index in [0.717, 1.165) is 0 Å². The molecule has 0 aliphatic heterocycles. The van der Waals surface area contributed by atoms with Gasteiger partial charge in [0, 0.05) is 0 Å². The van der Waals surface area contributed by atoms with Crippen LogP contribution in [0.5, 0.6) is 0 Å². The van der Waals surface area contributed by atoms with Gasteiger partial charge in [-0.25, -0.2) is 0 Å². The average molecular weight is 512 g/mol. The minimum atomic E-state index is -4.54. The maximum absolute atomic E-state index is 10.5. The summed E-state index contributed by atoms with van der Waals surface area (Å²) >= 11 is 0. The molecule has 0 aliphatic rings. The molecule has 0 amide bonds. The van der Waals surface area contributed by atoms with Crippen LogP contribution in [0.15, 0.2) is 0 Å². The Morgan fingerprint density at radius 1 is 0.875 bits per heavy atom. The van der Waals surface area contributed by atoms with E-state index in [1.54, 1.807) is 0 Å². The van der Waals surface area contributed by atoms with Crippen molar-refractivity contribution in [3.05, 3.63) is 0 Å². The van der Waals surface area contributed by atoms with Gasteiger partial charge in [0.2, 0.25) is 0 Å². The molecule has 24 heavy (non-hydrogen) atoms. The van der Waals surface area contributed by atoms with Gasteiger partial charge in [-0.05, 0) is 0 Å². The van der Waals surface area contributed by atoms with Gasteiger partial charge in [-0.1, -0.05) is 9.13 Å². The Morgan fingerprint density at radius 3 is 1.21 bits per heavy atom. The fourth-order valence-electron chi connectivity index (χ4n) is 0.857. The van der Waals surface area contributed by atoms with Gasteiger partial charge in [-0.2, -0.15) is 0 Å². The number of hydrogen-bond acceptors (Lipinski definition) is 10. The first-order chi connectivity index (χ1) is 9.96. The van der Waals surface area contributed by atoms with Crippen molar-refractivity contribution in [1.29, 1.82) is 0 Å². The van der Waals surface area contributed by atoms with Gasteiger partial charge < -0.3 is 44.3 Å². The summed E-state index contributed by atoms with van der Waals surface area (Å²) < 4.78 is 38.0. The van der Waals surface area contributed by atoms with Crippen molar-refractivity contribution in [3.8, 4) is 0 Å². The summed E-state index contributed by atoms with van der Waals surface area (Å²) in [5, 5.41) is 8.33. The van der Waals surface area contributed by atoms with E-state index in [-0.39, 0.29) is 26.2 Å². The Kier molecular flexibility index (Phi) is 21.4. The molecule has 0 aromatic rings. The zero-order chi connectivity index (χ0) is 19.4. The van der Waals surface area contributed by atoms with Crippen LogP contribution < -0.4 is 19.6 Å². The van der Waals surface area contributed by atoms with E-state index in [4.69, 9.17) is 53.4 Å². The van der Waals surface area contributed by atoms with Crippen LogP contribution in [-0.2, 0) is 49.3 Å². The maximum Gasteiger partial charge on any atom is 4.00 e. The predicted octanol–water partition coefficient (Wildman–Crippen LogP) is -4.63. The van der Waals surface area contributed by atoms with Crippen LogP contribution in [0.1, 0.15) is 0 Å². The summed E-state index contributed by atoms with van der Waals surface area (Å²) in [5.74, 6) is -1.43. The van der Waals surface area contributed by atoms with Gasteiger partial charge in [-0.15, -0.1) is 0 Å². The number of hydrogen-bond donors (Lipinski definition) is 5. The van der Waals surface area contributed by atoms with E-state index in [9.17, 15) is 13.9 Å². The van der Waals surface area contributed by atoms with Crippen LogP contribution in [0.2, 0.25) is 0 Å². The van der Waals surface area contributed by atoms with Crippen LogP contribution in [0.3, 0.4) is 0 Å². The minimum absolute atomic E-state index is 0. The second kappa shape index (κ2) is 15.9. The zero-order valence-corrected chi connectivity index (χ0v) is 17.3. The monoisotopic (exact) mass is 511 g/mol. The second-order valence-corrected chi connectivity index (χ2v) is 7.40. The molecule has 0 aliphatic carbocycles. The van der Waals surface area contributed by atoms with Crippen molar-refractivity contribution in [3.63, 3.8) is 0 Å². The Bertz CT molecular complexity index is 441. The molecule has 0 spiro atoms. The molecule has 0 saturated heterocycles. The molecule has 0 rings (SSSR count). The molecule has 5 N–H and O–H groups in total. The number of carboxylic acid groups (broad SMARTS) is 1. The molecule has 0 radical (unpaired) electrons. The third kappa shape index (κ3) is 49.5. The van der Waals surface area contributed by atoms with Gasteiger partial charge >= 0.3 is 47.4 Å². The maximum atomic E-state index is 10.5. The standard InChI is InChI=1S/C4H11NO8P2.2HO3P.Zr/c6-4(7)1-5(2-14(8,9)10)3-15(11,12)13;2*1-4(2)3;/h1-3H2,(H,6,7)(H2,8,9,10)(H2,11,12,13);2*(H,1,2,3);/q;;;+4/p-2.